The third-order valence-electron chi connectivity index (χ3n) is 6.45. The van der Waals surface area contributed by atoms with Crippen molar-refractivity contribution in [1.29, 1.82) is 0 Å². The molecule has 3 atom stereocenters. The highest BCUT2D eigenvalue weighted by atomic mass is 32.2. The van der Waals surface area contributed by atoms with E-state index in [0.717, 1.165) is 0 Å². The zero-order valence-corrected chi connectivity index (χ0v) is 19.6. The van der Waals surface area contributed by atoms with Gasteiger partial charge in [0.05, 0.1) is 6.04 Å². The number of benzene rings is 1. The van der Waals surface area contributed by atoms with Gasteiger partial charge in [-0.15, -0.1) is 0 Å². The maximum atomic E-state index is 14.6. The molecule has 1 aromatic carbocycles. The minimum absolute atomic E-state index is 0.0987. The van der Waals surface area contributed by atoms with E-state index in [0.29, 0.717) is 16.7 Å². The van der Waals surface area contributed by atoms with Crippen LogP contribution in [0.25, 0.3) is 0 Å². The topological polar surface area (TPSA) is 108 Å². The lowest BCUT2D eigenvalue weighted by molar-refractivity contribution is -0.151. The minimum atomic E-state index is -4.46. The van der Waals surface area contributed by atoms with Gasteiger partial charge < -0.3 is 15.5 Å². The number of hydrogen-bond donors (Lipinski definition) is 3. The number of amides is 4. The predicted octanol–water partition coefficient (Wildman–Crippen LogP) is 2.07. The summed E-state index contributed by atoms with van der Waals surface area (Å²) < 4.78 is 66.7. The molecule has 4 amide bonds. The molecule has 0 radical (unpaired) electrons. The molecular weight excluding hydrogens is 511 g/mol. The Hall–Kier alpha value is -2.74. The summed E-state index contributed by atoms with van der Waals surface area (Å²) in [6.45, 7) is -0.449. The maximum absolute atomic E-state index is 14.6. The highest BCUT2D eigenvalue weighted by molar-refractivity contribution is 8.00. The van der Waals surface area contributed by atoms with E-state index in [9.17, 15) is 41.1 Å². The molecule has 0 aliphatic carbocycles. The number of alkyl halides is 5. The van der Waals surface area contributed by atoms with E-state index in [1.165, 1.54) is 17.0 Å². The number of nitrogens with zero attached hydrogens (tertiary/aromatic N) is 1. The quantitative estimate of drug-likeness (QED) is 0.381. The van der Waals surface area contributed by atoms with Crippen LogP contribution < -0.4 is 16.0 Å². The van der Waals surface area contributed by atoms with Gasteiger partial charge in [0, 0.05) is 36.9 Å². The molecule has 14 heteroatoms. The molecule has 3 N–H and O–H groups in total. The lowest BCUT2D eigenvalue weighted by Crippen LogP contribution is -2.57. The summed E-state index contributed by atoms with van der Waals surface area (Å²) in [6.07, 6.45) is -0.0779. The van der Waals surface area contributed by atoms with Gasteiger partial charge in [-0.05, 0) is 48.2 Å². The summed E-state index contributed by atoms with van der Waals surface area (Å²) in [5, 5.41) is 5.83. The first-order chi connectivity index (χ1) is 16.8. The fourth-order valence-electron chi connectivity index (χ4n) is 4.63. The molecular formula is C22H23F5N4O4S. The molecule has 8 nitrogen and oxygen atoms in total. The molecule has 4 rings (SSSR count). The van der Waals surface area contributed by atoms with Crippen molar-refractivity contribution in [3.05, 3.63) is 34.9 Å². The number of fused-ring (bicyclic) bond motifs is 1. The lowest BCUT2D eigenvalue weighted by Gasteiger charge is -2.33. The van der Waals surface area contributed by atoms with E-state index in [4.69, 9.17) is 0 Å². The van der Waals surface area contributed by atoms with Gasteiger partial charge in [-0.2, -0.15) is 22.0 Å². The molecule has 0 aromatic heterocycles. The van der Waals surface area contributed by atoms with Crippen LogP contribution in [0.2, 0.25) is 0 Å². The summed E-state index contributed by atoms with van der Waals surface area (Å²) in [6, 6.07) is 2.20. The Morgan fingerprint density at radius 3 is 2.50 bits per heavy atom. The van der Waals surface area contributed by atoms with Crippen molar-refractivity contribution in [3.8, 4) is 0 Å². The van der Waals surface area contributed by atoms with E-state index >= 15 is 0 Å². The molecule has 2 saturated heterocycles. The van der Waals surface area contributed by atoms with Crippen LogP contribution in [0.3, 0.4) is 0 Å². The molecule has 3 heterocycles. The molecule has 196 valence electrons. The first-order valence-corrected chi connectivity index (χ1v) is 12.1. The SMILES string of the molecule is O=C1CCC(N2Cc3cc(CNC(=O)C(F)(F)C4CCC(SC(F)(F)F)CN4)ccc3C2=O)C(=O)N1. The van der Waals surface area contributed by atoms with Crippen molar-refractivity contribution < 1.29 is 41.1 Å². The van der Waals surface area contributed by atoms with Crippen LogP contribution in [0.5, 0.6) is 0 Å². The second-order valence-corrected chi connectivity index (χ2v) is 10.3. The Labute approximate surface area is 206 Å². The fourth-order valence-corrected chi connectivity index (χ4v) is 5.44. The zero-order chi connectivity index (χ0) is 26.3. The monoisotopic (exact) mass is 534 g/mol. The fraction of sp³-hybridized carbons (Fsp3) is 0.545. The summed E-state index contributed by atoms with van der Waals surface area (Å²) in [7, 11) is 0. The Balaban J connectivity index is 1.33. The zero-order valence-electron chi connectivity index (χ0n) is 18.8. The van der Waals surface area contributed by atoms with Crippen LogP contribution in [0.1, 0.15) is 47.2 Å². The molecule has 1 aromatic rings. The normalized spacial score (nSPS) is 25.0. The number of hydrogen-bond acceptors (Lipinski definition) is 6. The molecule has 0 spiro atoms. The third kappa shape index (κ3) is 5.64. The van der Waals surface area contributed by atoms with E-state index in [1.54, 1.807) is 6.07 Å². The van der Waals surface area contributed by atoms with Gasteiger partial charge in [-0.25, -0.2) is 0 Å². The third-order valence-corrected chi connectivity index (χ3v) is 7.45. The van der Waals surface area contributed by atoms with Crippen LogP contribution in [0.15, 0.2) is 18.2 Å². The number of carbonyl (C=O) groups excluding carboxylic acids is 4. The van der Waals surface area contributed by atoms with Gasteiger partial charge >= 0.3 is 11.4 Å². The Kier molecular flexibility index (Phi) is 7.28. The average molecular weight is 535 g/mol. The van der Waals surface area contributed by atoms with Gasteiger partial charge in [0.25, 0.3) is 11.8 Å². The van der Waals surface area contributed by atoms with E-state index in [-0.39, 0.29) is 63.0 Å². The minimum Gasteiger partial charge on any atom is -0.347 e. The summed E-state index contributed by atoms with van der Waals surface area (Å²) >= 11 is -0.247. The van der Waals surface area contributed by atoms with Crippen molar-refractivity contribution in [1.82, 2.24) is 20.9 Å². The molecule has 3 aliphatic heterocycles. The summed E-state index contributed by atoms with van der Waals surface area (Å²) in [5.74, 6) is -6.72. The molecule has 36 heavy (non-hydrogen) atoms. The van der Waals surface area contributed by atoms with Crippen molar-refractivity contribution >= 4 is 35.4 Å². The number of halogens is 5. The molecule has 3 aliphatic rings. The summed E-state index contributed by atoms with van der Waals surface area (Å²) in [4.78, 5) is 49.8. The van der Waals surface area contributed by atoms with Gasteiger partial charge in [-0.3, -0.25) is 24.5 Å². The maximum Gasteiger partial charge on any atom is 0.442 e. The van der Waals surface area contributed by atoms with Crippen LogP contribution >= 0.6 is 11.8 Å². The van der Waals surface area contributed by atoms with Crippen LogP contribution in [0.4, 0.5) is 22.0 Å². The molecule has 3 unspecified atom stereocenters. The lowest BCUT2D eigenvalue weighted by atomic mass is 9.98. The Bertz CT molecular complexity index is 1080. The number of imide groups is 1. The number of nitrogens with one attached hydrogen (secondary N) is 3. The first-order valence-electron chi connectivity index (χ1n) is 11.3. The second-order valence-electron chi connectivity index (χ2n) is 8.92. The van der Waals surface area contributed by atoms with E-state index < -0.39 is 46.5 Å². The van der Waals surface area contributed by atoms with E-state index in [1.807, 2.05) is 0 Å². The average Bonchev–Trinajstić information content (AvgIpc) is 3.12. The largest absolute Gasteiger partial charge is 0.442 e. The predicted molar refractivity (Wildman–Crippen MR) is 118 cm³/mol. The number of carbonyl (C=O) groups is 4. The highest BCUT2D eigenvalue weighted by Crippen LogP contribution is 2.38. The van der Waals surface area contributed by atoms with Gasteiger partial charge in [-0.1, -0.05) is 12.1 Å². The van der Waals surface area contributed by atoms with Crippen molar-refractivity contribution in [3.63, 3.8) is 0 Å². The van der Waals surface area contributed by atoms with Crippen molar-refractivity contribution in [2.24, 2.45) is 0 Å². The standard InChI is InChI=1S/C22H23F5N4O4S/c23-21(24,16-5-2-13(9-28-16)36-22(25,26)27)20(35)29-8-11-1-3-14-12(7-11)10-31(19(14)34)15-4-6-17(32)30-18(15)33/h1,3,7,13,15-16,28H,2,4-6,8-10H2,(H,29,35)(H,30,32,33). The van der Waals surface area contributed by atoms with Crippen LogP contribution in [-0.4, -0.2) is 63.8 Å². The Morgan fingerprint density at radius 1 is 1.11 bits per heavy atom. The van der Waals surface area contributed by atoms with Crippen molar-refractivity contribution in [2.45, 2.75) is 67.5 Å². The smallest absolute Gasteiger partial charge is 0.347 e. The van der Waals surface area contributed by atoms with Gasteiger partial charge in [0.1, 0.15) is 6.04 Å². The highest BCUT2D eigenvalue weighted by Gasteiger charge is 2.49. The number of thioether (sulfide) groups is 1. The number of rotatable bonds is 6. The number of piperidine rings is 2. The van der Waals surface area contributed by atoms with Gasteiger partial charge in [0.2, 0.25) is 11.8 Å². The molecule has 0 bridgehead atoms. The Morgan fingerprint density at radius 2 is 1.86 bits per heavy atom. The second kappa shape index (κ2) is 9.96. The van der Waals surface area contributed by atoms with Crippen molar-refractivity contribution in [2.75, 3.05) is 6.54 Å². The van der Waals surface area contributed by atoms with E-state index in [2.05, 4.69) is 16.0 Å². The molecule has 0 saturated carbocycles. The first kappa shape index (κ1) is 26.3. The van der Waals surface area contributed by atoms with Crippen LogP contribution in [-0.2, 0) is 27.5 Å². The molecule has 2 fully saturated rings. The van der Waals surface area contributed by atoms with Crippen LogP contribution in [0, 0.1) is 0 Å². The summed E-state index contributed by atoms with van der Waals surface area (Å²) in [5.41, 5.74) is -3.10. The van der Waals surface area contributed by atoms with Gasteiger partial charge in [0.15, 0.2) is 0 Å².